The van der Waals surface area contributed by atoms with E-state index in [-0.39, 0.29) is 12.2 Å². The molecule has 4 nitrogen and oxygen atoms in total. The van der Waals surface area contributed by atoms with Crippen molar-refractivity contribution in [1.29, 1.82) is 0 Å². The van der Waals surface area contributed by atoms with Crippen molar-refractivity contribution in [3.8, 4) is 0 Å². The van der Waals surface area contributed by atoms with Gasteiger partial charge in [0.2, 0.25) is 0 Å². The minimum Gasteiger partial charge on any atom is -0.374 e. The minimum atomic E-state index is -3.43. The summed E-state index contributed by atoms with van der Waals surface area (Å²) in [6.07, 6.45) is 5.79. The normalized spacial score (nSPS) is 25.9. The highest BCUT2D eigenvalue weighted by Crippen LogP contribution is 2.39. The molecule has 4 rings (SSSR count). The zero-order valence-electron chi connectivity index (χ0n) is 16.8. The van der Waals surface area contributed by atoms with E-state index in [0.29, 0.717) is 30.4 Å². The fourth-order valence-electron chi connectivity index (χ4n) is 4.71. The smallest absolute Gasteiger partial charge is 0.183 e. The molecule has 29 heavy (non-hydrogen) atoms. The molecule has 0 spiro atoms. The lowest BCUT2D eigenvalue weighted by atomic mass is 9.84. The van der Waals surface area contributed by atoms with Crippen LogP contribution in [0.4, 0.5) is 0 Å². The van der Waals surface area contributed by atoms with Crippen LogP contribution in [-0.2, 0) is 25.9 Å². The van der Waals surface area contributed by atoms with Gasteiger partial charge in [0.15, 0.2) is 9.84 Å². The summed E-state index contributed by atoms with van der Waals surface area (Å²) in [5.41, 5.74) is 1.11. The van der Waals surface area contributed by atoms with Gasteiger partial charge in [-0.3, -0.25) is 0 Å². The summed E-state index contributed by atoms with van der Waals surface area (Å²) in [6.45, 7) is 0.948. The van der Waals surface area contributed by atoms with Crippen molar-refractivity contribution in [2.75, 3.05) is 6.61 Å². The Labute approximate surface area is 174 Å². The Morgan fingerprint density at radius 1 is 0.897 bits per heavy atom. The van der Waals surface area contributed by atoms with Crippen molar-refractivity contribution >= 4 is 9.84 Å². The number of sulfone groups is 1. The molecule has 0 amide bonds. The minimum absolute atomic E-state index is 0.172. The van der Waals surface area contributed by atoms with Crippen LogP contribution in [0.15, 0.2) is 65.6 Å². The molecule has 1 saturated carbocycles. The maximum Gasteiger partial charge on any atom is 0.183 e. The third kappa shape index (κ3) is 4.90. The quantitative estimate of drug-likeness (QED) is 0.654. The Kier molecular flexibility index (Phi) is 6.68. The molecular formula is C24H30O4S. The molecule has 2 fully saturated rings. The summed E-state index contributed by atoms with van der Waals surface area (Å²) in [5.74, 6) is 0.325. The van der Waals surface area contributed by atoms with Gasteiger partial charge in [-0.1, -0.05) is 67.8 Å². The molecule has 5 heteroatoms. The first-order chi connectivity index (χ1) is 14.1. The van der Waals surface area contributed by atoms with E-state index < -0.39 is 15.1 Å². The van der Waals surface area contributed by atoms with E-state index in [1.54, 1.807) is 24.3 Å². The van der Waals surface area contributed by atoms with Gasteiger partial charge in [0.1, 0.15) is 0 Å². The molecule has 0 aromatic heterocycles. The summed E-state index contributed by atoms with van der Waals surface area (Å²) >= 11 is 0. The first-order valence-corrected chi connectivity index (χ1v) is 12.3. The van der Waals surface area contributed by atoms with Gasteiger partial charge in [0.05, 0.1) is 35.6 Å². The molecule has 2 aromatic carbocycles. The molecular weight excluding hydrogens is 384 g/mol. The Morgan fingerprint density at radius 2 is 1.55 bits per heavy atom. The first-order valence-electron chi connectivity index (χ1n) is 10.7. The summed E-state index contributed by atoms with van der Waals surface area (Å²) in [7, 11) is -3.43. The third-order valence-corrected chi connectivity index (χ3v) is 8.40. The van der Waals surface area contributed by atoms with Gasteiger partial charge >= 0.3 is 0 Å². The molecule has 0 unspecified atom stereocenters. The second kappa shape index (κ2) is 9.41. The van der Waals surface area contributed by atoms with Gasteiger partial charge in [-0.15, -0.1) is 0 Å². The van der Waals surface area contributed by atoms with E-state index in [2.05, 4.69) is 0 Å². The SMILES string of the molecule is O=S(=O)(c1ccccc1)[C@@H]1C[C@H](COCc2ccccc2)O[C@H]1C1CCCCC1. The molecule has 1 saturated heterocycles. The summed E-state index contributed by atoms with van der Waals surface area (Å²) in [4.78, 5) is 0.403. The second-order valence-corrected chi connectivity index (χ2v) is 10.4. The Hall–Kier alpha value is -1.69. The second-order valence-electron chi connectivity index (χ2n) is 8.25. The average Bonchev–Trinajstić information content (AvgIpc) is 3.21. The molecule has 0 bridgehead atoms. The van der Waals surface area contributed by atoms with Crippen LogP contribution in [0.25, 0.3) is 0 Å². The fourth-order valence-corrected chi connectivity index (χ4v) is 6.71. The molecule has 2 aliphatic rings. The lowest BCUT2D eigenvalue weighted by molar-refractivity contribution is -0.0424. The van der Waals surface area contributed by atoms with Crippen LogP contribution in [0.2, 0.25) is 0 Å². The van der Waals surface area contributed by atoms with Crippen molar-refractivity contribution < 1.29 is 17.9 Å². The van der Waals surface area contributed by atoms with Crippen LogP contribution < -0.4 is 0 Å². The average molecular weight is 415 g/mol. The number of hydrogen-bond acceptors (Lipinski definition) is 4. The van der Waals surface area contributed by atoms with Crippen molar-refractivity contribution in [1.82, 2.24) is 0 Å². The van der Waals surface area contributed by atoms with Crippen LogP contribution in [0, 0.1) is 5.92 Å². The molecule has 1 aliphatic heterocycles. The van der Waals surface area contributed by atoms with E-state index in [0.717, 1.165) is 31.2 Å². The number of rotatable bonds is 7. The van der Waals surface area contributed by atoms with Crippen molar-refractivity contribution in [3.63, 3.8) is 0 Å². The van der Waals surface area contributed by atoms with E-state index in [4.69, 9.17) is 9.47 Å². The third-order valence-electron chi connectivity index (χ3n) is 6.21. The zero-order valence-corrected chi connectivity index (χ0v) is 17.6. The molecule has 1 heterocycles. The molecule has 3 atom stereocenters. The van der Waals surface area contributed by atoms with Gasteiger partial charge in [-0.2, -0.15) is 0 Å². The number of hydrogen-bond donors (Lipinski definition) is 0. The molecule has 2 aromatic rings. The lowest BCUT2D eigenvalue weighted by Crippen LogP contribution is -2.37. The summed E-state index contributed by atoms with van der Waals surface area (Å²) in [5, 5.41) is -0.488. The lowest BCUT2D eigenvalue weighted by Gasteiger charge is -2.30. The molecule has 156 valence electrons. The highest BCUT2D eigenvalue weighted by atomic mass is 32.2. The number of ether oxygens (including phenoxy) is 2. The van der Waals surface area contributed by atoms with E-state index in [9.17, 15) is 8.42 Å². The van der Waals surface area contributed by atoms with E-state index in [1.807, 2.05) is 36.4 Å². The van der Waals surface area contributed by atoms with Crippen molar-refractivity contribution in [2.45, 2.75) is 67.5 Å². The molecule has 0 radical (unpaired) electrons. The molecule has 0 N–H and O–H groups in total. The predicted molar refractivity (Wildman–Crippen MR) is 113 cm³/mol. The van der Waals surface area contributed by atoms with Crippen molar-refractivity contribution in [2.24, 2.45) is 5.92 Å². The van der Waals surface area contributed by atoms with Crippen molar-refractivity contribution in [3.05, 3.63) is 66.2 Å². The Morgan fingerprint density at radius 3 is 2.24 bits per heavy atom. The fraction of sp³-hybridized carbons (Fsp3) is 0.500. The number of benzene rings is 2. The van der Waals surface area contributed by atoms with Gasteiger partial charge in [-0.25, -0.2) is 8.42 Å². The highest BCUT2D eigenvalue weighted by Gasteiger charge is 2.47. The first kappa shape index (κ1) is 20.6. The van der Waals surface area contributed by atoms with Crippen LogP contribution in [0.3, 0.4) is 0 Å². The summed E-state index contributed by atoms with van der Waals surface area (Å²) < 4.78 is 39.1. The zero-order chi connectivity index (χ0) is 20.1. The standard InChI is InChI=1S/C24H30O4S/c25-29(26,22-14-8-3-9-15-22)23-16-21(18-27-17-19-10-4-1-5-11-19)28-24(23)20-12-6-2-7-13-20/h1,3-5,8-11,14-15,20-21,23-24H,2,6-7,12-13,16-18H2/t21-,23-,24+/m1/s1. The maximum absolute atomic E-state index is 13.4. The topological polar surface area (TPSA) is 52.6 Å². The summed E-state index contributed by atoms with van der Waals surface area (Å²) in [6, 6.07) is 18.9. The van der Waals surface area contributed by atoms with E-state index in [1.165, 1.54) is 6.42 Å². The Balaban J connectivity index is 1.47. The predicted octanol–water partition coefficient (Wildman–Crippen LogP) is 4.78. The van der Waals surface area contributed by atoms with Gasteiger partial charge < -0.3 is 9.47 Å². The largest absolute Gasteiger partial charge is 0.374 e. The highest BCUT2D eigenvalue weighted by molar-refractivity contribution is 7.92. The van der Waals surface area contributed by atoms with Gasteiger partial charge in [0, 0.05) is 0 Å². The van der Waals surface area contributed by atoms with Crippen LogP contribution in [0.5, 0.6) is 0 Å². The van der Waals surface area contributed by atoms with Gasteiger partial charge in [-0.05, 0) is 42.9 Å². The van der Waals surface area contributed by atoms with Crippen LogP contribution >= 0.6 is 0 Å². The van der Waals surface area contributed by atoms with Crippen LogP contribution in [0.1, 0.15) is 44.1 Å². The van der Waals surface area contributed by atoms with E-state index >= 15 is 0 Å². The van der Waals surface area contributed by atoms with Crippen LogP contribution in [-0.4, -0.2) is 32.5 Å². The Bertz CT molecular complexity index is 860. The maximum atomic E-state index is 13.4. The molecule has 1 aliphatic carbocycles. The van der Waals surface area contributed by atoms with Gasteiger partial charge in [0.25, 0.3) is 0 Å². The monoisotopic (exact) mass is 414 g/mol.